The summed E-state index contributed by atoms with van der Waals surface area (Å²) in [5, 5.41) is 32.2. The summed E-state index contributed by atoms with van der Waals surface area (Å²) in [6.45, 7) is 2.78. The number of carbonyl (C=O) groups is 8. The zero-order chi connectivity index (χ0) is 33.3. The van der Waals surface area contributed by atoms with Crippen molar-refractivity contribution in [3.05, 3.63) is 0 Å². The van der Waals surface area contributed by atoms with Crippen molar-refractivity contribution in [3.63, 3.8) is 0 Å². The number of aliphatic carboxylic acids is 1. The van der Waals surface area contributed by atoms with E-state index in [-0.39, 0.29) is 30.9 Å². The number of nitrogens with one attached hydrogen (secondary N) is 6. The largest absolute Gasteiger partial charge is 0.480 e. The van der Waals surface area contributed by atoms with Crippen LogP contribution in [0.5, 0.6) is 0 Å². The molecule has 0 radical (unpaired) electrons. The Kier molecular flexibility index (Phi) is 18.2. The molecule has 43 heavy (non-hydrogen) atoms. The fraction of sp³-hybridized carbons (Fsp3) is 0.667. The number of carboxylic acids is 1. The molecule has 0 saturated carbocycles. The normalized spacial score (nSPS) is 14.2. The third kappa shape index (κ3) is 16.3. The highest BCUT2D eigenvalue weighted by Gasteiger charge is 2.28. The second-order valence-electron chi connectivity index (χ2n) is 9.92. The molecule has 18 nitrogen and oxygen atoms in total. The zero-order valence-corrected chi connectivity index (χ0v) is 25.1. The van der Waals surface area contributed by atoms with Crippen LogP contribution >= 0.6 is 12.6 Å². The molecule has 0 spiro atoms. The van der Waals surface area contributed by atoms with Crippen molar-refractivity contribution in [3.8, 4) is 0 Å². The van der Waals surface area contributed by atoms with Gasteiger partial charge in [0.05, 0.1) is 25.7 Å². The first kappa shape index (κ1) is 39.0. The number of aliphatic hydroxyl groups excluding tert-OH is 1. The second-order valence-corrected chi connectivity index (χ2v) is 10.3. The molecule has 7 amide bonds. The first-order valence-electron chi connectivity index (χ1n) is 13.3. The van der Waals surface area contributed by atoms with Crippen molar-refractivity contribution < 1.29 is 48.6 Å². The lowest BCUT2D eigenvalue weighted by molar-refractivity contribution is -0.141. The SMILES string of the molecule is CC(C)C[C@H](NC(=O)CNC(=O)[C@H](CO)NC(=O)[C@H](CCC(N)=O)NC(=O)[C@H](C)N)C(=O)NCC(=O)N[C@@H](CS)C(=O)O. The smallest absolute Gasteiger partial charge is 0.327 e. The molecule has 12 N–H and O–H groups in total. The van der Waals surface area contributed by atoms with E-state index >= 15 is 0 Å². The van der Waals surface area contributed by atoms with Gasteiger partial charge < -0.3 is 53.6 Å². The number of rotatable bonds is 20. The lowest BCUT2D eigenvalue weighted by atomic mass is 10.0. The van der Waals surface area contributed by atoms with Gasteiger partial charge in [0, 0.05) is 12.2 Å². The third-order valence-electron chi connectivity index (χ3n) is 5.56. The van der Waals surface area contributed by atoms with Crippen molar-refractivity contribution in [2.24, 2.45) is 17.4 Å². The Bertz CT molecular complexity index is 1030. The molecule has 0 unspecified atom stereocenters. The minimum Gasteiger partial charge on any atom is -0.480 e. The van der Waals surface area contributed by atoms with Crippen LogP contribution in [-0.4, -0.2) is 113 Å². The van der Waals surface area contributed by atoms with Gasteiger partial charge in [-0.1, -0.05) is 13.8 Å². The van der Waals surface area contributed by atoms with Crippen LogP contribution in [-0.2, 0) is 38.4 Å². The van der Waals surface area contributed by atoms with E-state index < -0.39 is 97.2 Å². The van der Waals surface area contributed by atoms with E-state index in [9.17, 15) is 43.5 Å². The first-order chi connectivity index (χ1) is 20.0. The summed E-state index contributed by atoms with van der Waals surface area (Å²) in [6, 6.07) is -6.22. The maximum Gasteiger partial charge on any atom is 0.327 e. The Morgan fingerprint density at radius 2 is 1.21 bits per heavy atom. The average molecular weight is 635 g/mol. The topological polar surface area (TPSA) is 301 Å². The predicted octanol–water partition coefficient (Wildman–Crippen LogP) is -5.18. The van der Waals surface area contributed by atoms with Crippen LogP contribution in [0.25, 0.3) is 0 Å². The van der Waals surface area contributed by atoms with E-state index in [2.05, 4.69) is 44.5 Å². The molecule has 0 aliphatic heterocycles. The lowest BCUT2D eigenvalue weighted by Gasteiger charge is -2.23. The predicted molar refractivity (Wildman–Crippen MR) is 154 cm³/mol. The Morgan fingerprint density at radius 1 is 0.721 bits per heavy atom. The van der Waals surface area contributed by atoms with Gasteiger partial charge in [-0.25, -0.2) is 4.79 Å². The maximum atomic E-state index is 12.7. The number of carboxylic acid groups (broad SMARTS) is 1. The molecule has 0 saturated heterocycles. The fourth-order valence-corrected chi connectivity index (χ4v) is 3.53. The number of hydrogen-bond acceptors (Lipinski definition) is 11. The average Bonchev–Trinajstić information content (AvgIpc) is 2.92. The van der Waals surface area contributed by atoms with Crippen molar-refractivity contribution >= 4 is 59.9 Å². The van der Waals surface area contributed by atoms with E-state index in [0.717, 1.165) is 0 Å². The van der Waals surface area contributed by atoms with Gasteiger partial charge in [-0.15, -0.1) is 0 Å². The molecule has 0 rings (SSSR count). The van der Waals surface area contributed by atoms with Crippen LogP contribution < -0.4 is 43.4 Å². The van der Waals surface area contributed by atoms with Gasteiger partial charge in [0.1, 0.15) is 24.2 Å². The number of amides is 7. The van der Waals surface area contributed by atoms with Crippen LogP contribution in [0.1, 0.15) is 40.0 Å². The van der Waals surface area contributed by atoms with E-state index in [1.807, 2.05) is 0 Å². The van der Waals surface area contributed by atoms with Crippen LogP contribution in [0.3, 0.4) is 0 Å². The van der Waals surface area contributed by atoms with Crippen LogP contribution in [0.15, 0.2) is 0 Å². The maximum absolute atomic E-state index is 12.7. The molecule has 0 bridgehead atoms. The molecule has 19 heteroatoms. The summed E-state index contributed by atoms with van der Waals surface area (Å²) < 4.78 is 0. The van der Waals surface area contributed by atoms with E-state index in [1.165, 1.54) is 6.92 Å². The standard InChI is InChI=1S/C24H42N8O10S/c1-11(2)6-14(21(38)27-8-19(36)30-16(10-43)24(41)42)29-18(35)7-28-22(39)15(9-33)32-23(40)13(4-5-17(26)34)31-20(37)12(3)25/h11-16,33,43H,4-10,25H2,1-3H3,(H2,26,34)(H,27,38)(H,28,39)(H,29,35)(H,30,36)(H,31,37)(H,32,40)(H,41,42)/t12-,13-,14-,15-,16-/m0/s1. The summed E-state index contributed by atoms with van der Waals surface area (Å²) >= 11 is 3.83. The van der Waals surface area contributed by atoms with Gasteiger partial charge >= 0.3 is 5.97 Å². The minimum absolute atomic E-state index is 0.0840. The molecule has 0 aromatic heterocycles. The van der Waals surface area contributed by atoms with E-state index in [4.69, 9.17) is 16.6 Å². The number of aliphatic hydroxyl groups is 1. The fourth-order valence-electron chi connectivity index (χ4n) is 3.29. The molecule has 244 valence electrons. The number of primary amides is 1. The molecule has 0 heterocycles. The molecule has 0 fully saturated rings. The van der Waals surface area contributed by atoms with Crippen LogP contribution in [0.2, 0.25) is 0 Å². The Morgan fingerprint density at radius 3 is 1.63 bits per heavy atom. The quantitative estimate of drug-likeness (QED) is 0.0563. The Hall–Kier alpha value is -3.97. The number of hydrogen-bond donors (Lipinski definition) is 11. The molecule has 0 aromatic rings. The second kappa shape index (κ2) is 20.0. The summed E-state index contributed by atoms with van der Waals surface area (Å²) in [7, 11) is 0. The van der Waals surface area contributed by atoms with Gasteiger partial charge in [0.15, 0.2) is 0 Å². The molecule has 0 aliphatic rings. The minimum atomic E-state index is -1.55. The summed E-state index contributed by atoms with van der Waals surface area (Å²) in [5.74, 6) is -7.26. The van der Waals surface area contributed by atoms with Gasteiger partial charge in [0.2, 0.25) is 41.4 Å². The van der Waals surface area contributed by atoms with Gasteiger partial charge in [0.25, 0.3) is 0 Å². The third-order valence-corrected chi connectivity index (χ3v) is 5.93. The van der Waals surface area contributed by atoms with Gasteiger partial charge in [-0.2, -0.15) is 12.6 Å². The Labute approximate surface area is 253 Å². The highest BCUT2D eigenvalue weighted by Crippen LogP contribution is 2.05. The van der Waals surface area contributed by atoms with Gasteiger partial charge in [-0.05, 0) is 25.7 Å². The molecule has 0 aromatic carbocycles. The van der Waals surface area contributed by atoms with Crippen molar-refractivity contribution in [1.82, 2.24) is 31.9 Å². The highest BCUT2D eigenvalue weighted by molar-refractivity contribution is 7.80. The molecular formula is C24H42N8O10S. The summed E-state index contributed by atoms with van der Waals surface area (Å²) in [5.41, 5.74) is 10.6. The van der Waals surface area contributed by atoms with Crippen LogP contribution in [0.4, 0.5) is 0 Å². The van der Waals surface area contributed by atoms with E-state index in [1.54, 1.807) is 13.8 Å². The number of carbonyl (C=O) groups excluding carboxylic acids is 7. The summed E-state index contributed by atoms with van der Waals surface area (Å²) in [4.78, 5) is 96.4. The van der Waals surface area contributed by atoms with Crippen molar-refractivity contribution in [1.29, 1.82) is 0 Å². The zero-order valence-electron chi connectivity index (χ0n) is 24.2. The van der Waals surface area contributed by atoms with Crippen LogP contribution in [0, 0.1) is 5.92 Å². The monoisotopic (exact) mass is 634 g/mol. The molecule has 5 atom stereocenters. The Balaban J connectivity index is 5.16. The van der Waals surface area contributed by atoms with Crippen molar-refractivity contribution in [2.75, 3.05) is 25.4 Å². The lowest BCUT2D eigenvalue weighted by Crippen LogP contribution is -2.57. The van der Waals surface area contributed by atoms with Gasteiger partial charge in [-0.3, -0.25) is 33.6 Å². The molecular weight excluding hydrogens is 592 g/mol. The summed E-state index contributed by atoms with van der Waals surface area (Å²) in [6.07, 6.45) is -0.337. The highest BCUT2D eigenvalue weighted by atomic mass is 32.1. The number of thiol groups is 1. The first-order valence-corrected chi connectivity index (χ1v) is 13.9. The van der Waals surface area contributed by atoms with Crippen molar-refractivity contribution in [2.45, 2.75) is 70.2 Å². The molecule has 0 aliphatic carbocycles. The number of nitrogens with two attached hydrogens (primary N) is 2. The van der Waals surface area contributed by atoms with E-state index in [0.29, 0.717) is 0 Å².